The Morgan fingerprint density at radius 1 is 1.16 bits per heavy atom. The van der Waals surface area contributed by atoms with Crippen LogP contribution in [-0.4, -0.2) is 43.0 Å². The fraction of sp³-hybridized carbons (Fsp3) is 0.632. The quantitative estimate of drug-likeness (QED) is 0.788. The summed E-state index contributed by atoms with van der Waals surface area (Å²) >= 11 is 0. The van der Waals surface area contributed by atoms with Crippen molar-refractivity contribution in [2.45, 2.75) is 44.7 Å². The van der Waals surface area contributed by atoms with E-state index in [1.807, 2.05) is 6.07 Å². The van der Waals surface area contributed by atoms with E-state index in [0.717, 1.165) is 57.9 Å². The van der Waals surface area contributed by atoms with Crippen LogP contribution in [0.2, 0.25) is 0 Å². The second kappa shape index (κ2) is 11.7. The number of piperidine rings is 1. The maximum Gasteiger partial charge on any atom is 0.237 e. The van der Waals surface area contributed by atoms with Crippen molar-refractivity contribution in [1.29, 1.82) is 0 Å². The van der Waals surface area contributed by atoms with Crippen LogP contribution in [0.1, 0.15) is 37.7 Å². The molecule has 4 nitrogen and oxygen atoms in total. The molecule has 1 aromatic carbocycles. The van der Waals surface area contributed by atoms with Gasteiger partial charge < -0.3 is 10.6 Å². The van der Waals surface area contributed by atoms with Gasteiger partial charge in [0.05, 0.1) is 6.04 Å². The Morgan fingerprint density at radius 2 is 1.96 bits per heavy atom. The van der Waals surface area contributed by atoms with Crippen LogP contribution in [0.4, 0.5) is 0 Å². The summed E-state index contributed by atoms with van der Waals surface area (Å²) in [4.78, 5) is 14.8. The molecule has 6 heteroatoms. The zero-order valence-electron chi connectivity index (χ0n) is 14.8. The lowest BCUT2D eigenvalue weighted by Gasteiger charge is -2.25. The first-order valence-electron chi connectivity index (χ1n) is 9.09. The molecule has 2 fully saturated rings. The Balaban J connectivity index is 0.00000156. The fourth-order valence-electron chi connectivity index (χ4n) is 3.82. The van der Waals surface area contributed by atoms with Gasteiger partial charge in [-0.15, -0.1) is 24.8 Å². The molecule has 1 aromatic rings. The normalized spacial score (nSPS) is 23.4. The second-order valence-electron chi connectivity index (χ2n) is 6.91. The van der Waals surface area contributed by atoms with Crippen LogP contribution in [0.15, 0.2) is 30.3 Å². The Labute approximate surface area is 163 Å². The molecule has 0 aliphatic carbocycles. The monoisotopic (exact) mass is 387 g/mol. The summed E-state index contributed by atoms with van der Waals surface area (Å²) in [5, 5.41) is 6.62. The van der Waals surface area contributed by atoms with E-state index in [1.165, 1.54) is 18.4 Å². The third-order valence-electron chi connectivity index (χ3n) is 5.15. The van der Waals surface area contributed by atoms with Crippen LogP contribution in [0, 0.1) is 5.92 Å². The van der Waals surface area contributed by atoms with E-state index in [9.17, 15) is 4.79 Å². The molecule has 0 spiro atoms. The van der Waals surface area contributed by atoms with Gasteiger partial charge in [0.1, 0.15) is 0 Å². The predicted molar refractivity (Wildman–Crippen MR) is 108 cm³/mol. The summed E-state index contributed by atoms with van der Waals surface area (Å²) in [6.07, 6.45) is 5.78. The Bertz CT molecular complexity index is 495. The summed E-state index contributed by atoms with van der Waals surface area (Å²) in [5.74, 6) is 0.954. The van der Waals surface area contributed by atoms with Crippen molar-refractivity contribution in [3.8, 4) is 0 Å². The number of amides is 1. The average Bonchev–Trinajstić information content (AvgIpc) is 3.05. The van der Waals surface area contributed by atoms with Crippen LogP contribution >= 0.6 is 24.8 Å². The van der Waals surface area contributed by atoms with Crippen LogP contribution in [-0.2, 0) is 11.3 Å². The molecular formula is C19H31Cl2N3O. The lowest BCUT2D eigenvalue weighted by molar-refractivity contribution is -0.125. The summed E-state index contributed by atoms with van der Waals surface area (Å²) in [6.45, 7) is 4.99. The van der Waals surface area contributed by atoms with E-state index < -0.39 is 0 Å². The van der Waals surface area contributed by atoms with Crippen molar-refractivity contribution in [2.24, 2.45) is 5.92 Å². The number of benzene rings is 1. The molecule has 2 aliphatic heterocycles. The first-order chi connectivity index (χ1) is 11.3. The highest BCUT2D eigenvalue weighted by molar-refractivity contribution is 5.85. The van der Waals surface area contributed by atoms with E-state index >= 15 is 0 Å². The largest absolute Gasteiger partial charge is 0.355 e. The van der Waals surface area contributed by atoms with Gasteiger partial charge in [-0.2, -0.15) is 0 Å². The summed E-state index contributed by atoms with van der Waals surface area (Å²) < 4.78 is 0. The van der Waals surface area contributed by atoms with E-state index in [4.69, 9.17) is 0 Å². The van der Waals surface area contributed by atoms with Gasteiger partial charge in [0.2, 0.25) is 5.91 Å². The van der Waals surface area contributed by atoms with Crippen molar-refractivity contribution in [3.05, 3.63) is 35.9 Å². The average molecular weight is 388 g/mol. The maximum absolute atomic E-state index is 12.5. The van der Waals surface area contributed by atoms with Gasteiger partial charge >= 0.3 is 0 Å². The topological polar surface area (TPSA) is 44.4 Å². The van der Waals surface area contributed by atoms with Gasteiger partial charge in [0.15, 0.2) is 0 Å². The minimum Gasteiger partial charge on any atom is -0.355 e. The van der Waals surface area contributed by atoms with Crippen LogP contribution in [0.5, 0.6) is 0 Å². The van der Waals surface area contributed by atoms with Gasteiger partial charge in [-0.3, -0.25) is 9.69 Å². The number of hydrogen-bond donors (Lipinski definition) is 2. The van der Waals surface area contributed by atoms with E-state index in [-0.39, 0.29) is 36.8 Å². The summed E-state index contributed by atoms with van der Waals surface area (Å²) in [5.41, 5.74) is 1.29. The number of carbonyl (C=O) groups excluding carboxylic acids is 1. The Kier molecular flexibility index (Phi) is 10.4. The second-order valence-corrected chi connectivity index (χ2v) is 6.91. The molecular weight excluding hydrogens is 357 g/mol. The molecule has 2 saturated heterocycles. The van der Waals surface area contributed by atoms with Crippen molar-refractivity contribution in [2.75, 3.05) is 26.2 Å². The van der Waals surface area contributed by atoms with Crippen molar-refractivity contribution in [3.63, 3.8) is 0 Å². The number of likely N-dealkylation sites (tertiary alicyclic amines) is 1. The lowest BCUT2D eigenvalue weighted by atomic mass is 9.96. The highest BCUT2D eigenvalue weighted by atomic mass is 35.5. The van der Waals surface area contributed by atoms with Crippen molar-refractivity contribution in [1.82, 2.24) is 15.5 Å². The fourth-order valence-corrected chi connectivity index (χ4v) is 3.82. The zero-order chi connectivity index (χ0) is 15.9. The van der Waals surface area contributed by atoms with Gasteiger partial charge in [-0.25, -0.2) is 0 Å². The number of rotatable bonds is 6. The molecule has 0 radical (unpaired) electrons. The van der Waals surface area contributed by atoms with Crippen LogP contribution in [0.3, 0.4) is 0 Å². The lowest BCUT2D eigenvalue weighted by Crippen LogP contribution is -2.43. The van der Waals surface area contributed by atoms with Crippen molar-refractivity contribution < 1.29 is 4.79 Å². The number of halogens is 2. The zero-order valence-corrected chi connectivity index (χ0v) is 16.4. The smallest absolute Gasteiger partial charge is 0.237 e. The SMILES string of the molecule is Cl.Cl.O=C(NCCC1CCCNC1)C1CCCN1Cc1ccccc1. The molecule has 2 aliphatic rings. The molecule has 3 rings (SSSR count). The molecule has 0 saturated carbocycles. The predicted octanol–water partition coefficient (Wildman–Crippen LogP) is 3.00. The highest BCUT2D eigenvalue weighted by Crippen LogP contribution is 2.20. The molecule has 2 unspecified atom stereocenters. The van der Waals surface area contributed by atoms with Crippen LogP contribution < -0.4 is 10.6 Å². The summed E-state index contributed by atoms with van der Waals surface area (Å²) in [7, 11) is 0. The third-order valence-corrected chi connectivity index (χ3v) is 5.15. The van der Waals surface area contributed by atoms with Gasteiger partial charge in [0.25, 0.3) is 0 Å². The Hall–Kier alpha value is -0.810. The molecule has 2 atom stereocenters. The third kappa shape index (κ3) is 6.78. The molecule has 0 aromatic heterocycles. The minimum absolute atomic E-state index is 0. The molecule has 2 N–H and O–H groups in total. The molecule has 2 heterocycles. The van der Waals surface area contributed by atoms with E-state index in [0.29, 0.717) is 0 Å². The molecule has 142 valence electrons. The minimum atomic E-state index is 0. The first kappa shape index (κ1) is 22.2. The number of nitrogens with one attached hydrogen (secondary N) is 2. The van der Waals surface area contributed by atoms with Crippen molar-refractivity contribution >= 4 is 30.7 Å². The summed E-state index contributed by atoms with van der Waals surface area (Å²) in [6, 6.07) is 10.5. The maximum atomic E-state index is 12.5. The van der Waals surface area contributed by atoms with Gasteiger partial charge in [-0.05, 0) is 63.2 Å². The van der Waals surface area contributed by atoms with Gasteiger partial charge in [0, 0.05) is 13.1 Å². The standard InChI is InChI=1S/C19H29N3O.2ClH/c23-19(21-12-10-16-8-4-11-20-14-16)18-9-5-13-22(18)15-17-6-2-1-3-7-17;;/h1-3,6-7,16,18,20H,4-5,8-15H2,(H,21,23);2*1H. The highest BCUT2D eigenvalue weighted by Gasteiger charge is 2.30. The molecule has 1 amide bonds. The van der Waals surface area contributed by atoms with Crippen LogP contribution in [0.25, 0.3) is 0 Å². The van der Waals surface area contributed by atoms with E-state index in [2.05, 4.69) is 39.8 Å². The molecule has 25 heavy (non-hydrogen) atoms. The number of hydrogen-bond acceptors (Lipinski definition) is 3. The van der Waals surface area contributed by atoms with Gasteiger partial charge in [-0.1, -0.05) is 30.3 Å². The molecule has 0 bridgehead atoms. The number of carbonyl (C=O) groups is 1. The number of nitrogens with zero attached hydrogens (tertiary/aromatic N) is 1. The Morgan fingerprint density at radius 3 is 2.68 bits per heavy atom. The first-order valence-corrected chi connectivity index (χ1v) is 9.09. The van der Waals surface area contributed by atoms with E-state index in [1.54, 1.807) is 0 Å².